The van der Waals surface area contributed by atoms with E-state index >= 15 is 0 Å². The zero-order valence-corrected chi connectivity index (χ0v) is 7.39. The molecule has 2 heteroatoms. The van der Waals surface area contributed by atoms with Crippen molar-refractivity contribution in [1.29, 1.82) is 0 Å². The van der Waals surface area contributed by atoms with Gasteiger partial charge in [-0.2, -0.15) is 0 Å². The van der Waals surface area contributed by atoms with Gasteiger partial charge in [-0.15, -0.1) is 0 Å². The van der Waals surface area contributed by atoms with E-state index in [9.17, 15) is 0 Å². The minimum Gasteiger partial charge on any atom is -0.309 e. The first kappa shape index (κ1) is 8.02. The van der Waals surface area contributed by atoms with E-state index < -0.39 is 0 Å². The number of nitrogens with one attached hydrogen (secondary N) is 1. The summed E-state index contributed by atoms with van der Waals surface area (Å²) < 4.78 is 0. The van der Waals surface area contributed by atoms with Crippen LogP contribution in [0.4, 0.5) is 0 Å². The Labute approximate surface area is 63.6 Å². The van der Waals surface area contributed by atoms with Gasteiger partial charge in [0, 0.05) is 24.7 Å². The Bertz CT molecular complexity index is 102. The molecular weight excluding hydrogens is 124 g/mol. The molecule has 0 bridgehead atoms. The van der Waals surface area contributed by atoms with Crippen molar-refractivity contribution in [2.24, 2.45) is 0 Å². The number of likely N-dealkylation sites (N-methyl/N-ethyl adjacent to an activating group) is 1. The molecule has 0 saturated carbocycles. The second-order valence-corrected chi connectivity index (χ2v) is 3.54. The second kappa shape index (κ2) is 2.89. The minimum atomic E-state index is 0.633. The van der Waals surface area contributed by atoms with Crippen LogP contribution in [0.3, 0.4) is 0 Å². The fourth-order valence-corrected chi connectivity index (χ4v) is 1.62. The van der Waals surface area contributed by atoms with Crippen LogP contribution in [-0.2, 0) is 0 Å². The molecule has 0 unspecified atom stereocenters. The molecule has 1 N–H and O–H groups in total. The summed E-state index contributed by atoms with van der Waals surface area (Å²) in [5.41, 5.74) is 0. The van der Waals surface area contributed by atoms with Gasteiger partial charge in [0.15, 0.2) is 0 Å². The normalized spacial score (nSPS) is 43.8. The summed E-state index contributed by atoms with van der Waals surface area (Å²) in [7, 11) is 2.19. The maximum atomic E-state index is 3.52. The number of piperazine rings is 1. The van der Waals surface area contributed by atoms with Crippen LogP contribution >= 0.6 is 0 Å². The van der Waals surface area contributed by atoms with E-state index in [0.717, 1.165) is 0 Å². The molecule has 0 aromatic carbocycles. The van der Waals surface area contributed by atoms with Gasteiger partial charge < -0.3 is 10.2 Å². The second-order valence-electron chi connectivity index (χ2n) is 3.54. The van der Waals surface area contributed by atoms with Crippen LogP contribution < -0.4 is 5.32 Å². The van der Waals surface area contributed by atoms with Crippen molar-refractivity contribution < 1.29 is 0 Å². The van der Waals surface area contributed by atoms with Crippen LogP contribution in [0.15, 0.2) is 0 Å². The fraction of sp³-hybridized carbons (Fsp3) is 1.00. The molecule has 10 heavy (non-hydrogen) atoms. The Morgan fingerprint density at radius 2 is 1.90 bits per heavy atom. The van der Waals surface area contributed by atoms with E-state index in [4.69, 9.17) is 0 Å². The van der Waals surface area contributed by atoms with Crippen molar-refractivity contribution in [3.8, 4) is 0 Å². The highest BCUT2D eigenvalue weighted by molar-refractivity contribution is 4.85. The quantitative estimate of drug-likeness (QED) is 0.535. The molecule has 1 saturated heterocycles. The smallest absolute Gasteiger partial charge is 0.0216 e. The van der Waals surface area contributed by atoms with E-state index in [0.29, 0.717) is 18.1 Å². The highest BCUT2D eigenvalue weighted by Crippen LogP contribution is 2.08. The Balaban J connectivity index is 2.49. The molecular formula is C8H18N2. The fourth-order valence-electron chi connectivity index (χ4n) is 1.62. The van der Waals surface area contributed by atoms with E-state index in [-0.39, 0.29) is 0 Å². The highest BCUT2D eigenvalue weighted by atomic mass is 15.2. The number of hydrogen-bond acceptors (Lipinski definition) is 2. The van der Waals surface area contributed by atoms with Crippen LogP contribution in [0, 0.1) is 0 Å². The first-order valence-corrected chi connectivity index (χ1v) is 4.07. The Morgan fingerprint density at radius 1 is 1.30 bits per heavy atom. The highest BCUT2D eigenvalue weighted by Gasteiger charge is 2.24. The van der Waals surface area contributed by atoms with Crippen LogP contribution in [0.25, 0.3) is 0 Å². The van der Waals surface area contributed by atoms with Gasteiger partial charge in [-0.25, -0.2) is 0 Å². The molecule has 1 aliphatic heterocycles. The molecule has 2 nitrogen and oxygen atoms in total. The van der Waals surface area contributed by atoms with Gasteiger partial charge in [0.2, 0.25) is 0 Å². The summed E-state index contributed by atoms with van der Waals surface area (Å²) in [4.78, 5) is 2.41. The van der Waals surface area contributed by atoms with Crippen LogP contribution in [0.1, 0.15) is 20.8 Å². The largest absolute Gasteiger partial charge is 0.309 e. The van der Waals surface area contributed by atoms with E-state index in [1.165, 1.54) is 6.54 Å². The molecule has 1 rings (SSSR count). The van der Waals surface area contributed by atoms with Crippen molar-refractivity contribution >= 4 is 0 Å². The Hall–Kier alpha value is -0.0800. The minimum absolute atomic E-state index is 0.633. The van der Waals surface area contributed by atoms with Crippen molar-refractivity contribution in [2.75, 3.05) is 13.6 Å². The maximum Gasteiger partial charge on any atom is 0.0216 e. The van der Waals surface area contributed by atoms with Gasteiger partial charge in [-0.3, -0.25) is 0 Å². The van der Waals surface area contributed by atoms with Crippen molar-refractivity contribution in [3.63, 3.8) is 0 Å². The molecule has 0 aliphatic carbocycles. The predicted molar refractivity (Wildman–Crippen MR) is 44.2 cm³/mol. The van der Waals surface area contributed by atoms with Crippen LogP contribution in [0.5, 0.6) is 0 Å². The Kier molecular flexibility index (Phi) is 2.32. The lowest BCUT2D eigenvalue weighted by Gasteiger charge is -2.39. The lowest BCUT2D eigenvalue weighted by Crippen LogP contribution is -2.57. The summed E-state index contributed by atoms with van der Waals surface area (Å²) in [6, 6.07) is 1.96. The van der Waals surface area contributed by atoms with Crippen molar-refractivity contribution in [1.82, 2.24) is 10.2 Å². The summed E-state index contributed by atoms with van der Waals surface area (Å²) in [6.07, 6.45) is 0. The average Bonchev–Trinajstić information content (AvgIpc) is 1.82. The average molecular weight is 142 g/mol. The van der Waals surface area contributed by atoms with Crippen molar-refractivity contribution in [3.05, 3.63) is 0 Å². The van der Waals surface area contributed by atoms with E-state index in [2.05, 4.69) is 38.0 Å². The standard InChI is InChI=1S/C8H18N2/c1-6-5-10(4)8(3)7(2)9-6/h6-9H,5H2,1-4H3/t6-,7+,8+/m1/s1. The molecule has 0 aromatic rings. The molecule has 1 aliphatic rings. The number of nitrogens with zero attached hydrogens (tertiary/aromatic N) is 1. The van der Waals surface area contributed by atoms with Crippen LogP contribution in [0.2, 0.25) is 0 Å². The third-order valence-corrected chi connectivity index (χ3v) is 2.53. The maximum absolute atomic E-state index is 3.52. The van der Waals surface area contributed by atoms with Crippen LogP contribution in [-0.4, -0.2) is 36.6 Å². The number of hydrogen-bond donors (Lipinski definition) is 1. The van der Waals surface area contributed by atoms with E-state index in [1.807, 2.05) is 0 Å². The van der Waals surface area contributed by atoms with Crippen molar-refractivity contribution in [2.45, 2.75) is 38.9 Å². The summed E-state index contributed by atoms with van der Waals surface area (Å²) >= 11 is 0. The zero-order chi connectivity index (χ0) is 7.72. The molecule has 3 atom stereocenters. The third kappa shape index (κ3) is 1.50. The molecule has 1 fully saturated rings. The molecule has 0 amide bonds. The Morgan fingerprint density at radius 3 is 2.40 bits per heavy atom. The van der Waals surface area contributed by atoms with Gasteiger partial charge in [-0.05, 0) is 27.8 Å². The van der Waals surface area contributed by atoms with E-state index in [1.54, 1.807) is 0 Å². The van der Waals surface area contributed by atoms with Gasteiger partial charge in [-0.1, -0.05) is 0 Å². The molecule has 0 spiro atoms. The van der Waals surface area contributed by atoms with Gasteiger partial charge in [0.25, 0.3) is 0 Å². The lowest BCUT2D eigenvalue weighted by molar-refractivity contribution is 0.141. The third-order valence-electron chi connectivity index (χ3n) is 2.53. The summed E-state index contributed by atoms with van der Waals surface area (Å²) in [6.45, 7) is 7.92. The summed E-state index contributed by atoms with van der Waals surface area (Å²) in [5.74, 6) is 0. The summed E-state index contributed by atoms with van der Waals surface area (Å²) in [5, 5.41) is 3.52. The first-order chi connectivity index (χ1) is 4.61. The van der Waals surface area contributed by atoms with Gasteiger partial charge in [0.1, 0.15) is 0 Å². The topological polar surface area (TPSA) is 15.3 Å². The first-order valence-electron chi connectivity index (χ1n) is 4.07. The SMILES string of the molecule is C[C@@H]1CN(C)[C@@H](C)[C@H](C)N1. The lowest BCUT2D eigenvalue weighted by atomic mass is 10.1. The monoisotopic (exact) mass is 142 g/mol. The zero-order valence-electron chi connectivity index (χ0n) is 7.39. The predicted octanol–water partition coefficient (Wildman–Crippen LogP) is 0.687. The number of rotatable bonds is 0. The van der Waals surface area contributed by atoms with Gasteiger partial charge >= 0.3 is 0 Å². The molecule has 0 radical (unpaired) electrons. The molecule has 0 aromatic heterocycles. The molecule has 1 heterocycles. The van der Waals surface area contributed by atoms with Gasteiger partial charge in [0.05, 0.1) is 0 Å². The molecule has 60 valence electrons.